The highest BCUT2D eigenvalue weighted by Crippen LogP contribution is 2.44. The SMILES string of the molecule is CC(C)(C)OC(=O)N1C(=O)C(C)(CCS(=O)(=O)c2ccccc2)c2ccccc21. The van der Waals surface area contributed by atoms with Gasteiger partial charge in [-0.05, 0) is 57.9 Å². The van der Waals surface area contributed by atoms with Crippen molar-refractivity contribution in [1.29, 1.82) is 0 Å². The van der Waals surface area contributed by atoms with Crippen molar-refractivity contribution in [2.75, 3.05) is 10.7 Å². The van der Waals surface area contributed by atoms with E-state index in [1.165, 1.54) is 12.1 Å². The van der Waals surface area contributed by atoms with Gasteiger partial charge >= 0.3 is 6.09 Å². The van der Waals surface area contributed by atoms with Gasteiger partial charge in [0, 0.05) is 0 Å². The van der Waals surface area contributed by atoms with Crippen LogP contribution in [-0.2, 0) is 24.8 Å². The summed E-state index contributed by atoms with van der Waals surface area (Å²) in [6.45, 7) is 6.86. The van der Waals surface area contributed by atoms with E-state index in [1.807, 2.05) is 0 Å². The molecule has 1 aliphatic heterocycles. The van der Waals surface area contributed by atoms with Crippen LogP contribution in [0.25, 0.3) is 0 Å². The maximum absolute atomic E-state index is 13.3. The molecule has 6 nitrogen and oxygen atoms in total. The molecule has 1 atom stereocenters. The molecular weight excluding hydrogens is 390 g/mol. The minimum atomic E-state index is -3.57. The Morgan fingerprint density at radius 2 is 1.62 bits per heavy atom. The van der Waals surface area contributed by atoms with Crippen molar-refractivity contribution in [2.24, 2.45) is 0 Å². The molecule has 1 heterocycles. The Labute approximate surface area is 171 Å². The topological polar surface area (TPSA) is 80.8 Å². The summed E-state index contributed by atoms with van der Waals surface area (Å²) < 4.78 is 30.9. The molecule has 7 heteroatoms. The van der Waals surface area contributed by atoms with E-state index in [2.05, 4.69) is 0 Å². The van der Waals surface area contributed by atoms with Gasteiger partial charge in [0.15, 0.2) is 9.84 Å². The van der Waals surface area contributed by atoms with Crippen LogP contribution in [0.1, 0.15) is 39.7 Å². The third kappa shape index (κ3) is 4.05. The Bertz CT molecular complexity index is 1040. The number of para-hydroxylation sites is 1. The highest BCUT2D eigenvalue weighted by atomic mass is 32.2. The first-order chi connectivity index (χ1) is 13.5. The molecule has 2 aromatic rings. The maximum Gasteiger partial charge on any atom is 0.421 e. The van der Waals surface area contributed by atoms with Gasteiger partial charge in [-0.2, -0.15) is 0 Å². The predicted molar refractivity (Wildman–Crippen MR) is 111 cm³/mol. The fourth-order valence-electron chi connectivity index (χ4n) is 3.42. The predicted octanol–water partition coefficient (Wildman–Crippen LogP) is 4.09. The zero-order chi connectivity index (χ0) is 21.4. The van der Waals surface area contributed by atoms with Crippen LogP contribution in [0.5, 0.6) is 0 Å². The fourth-order valence-corrected chi connectivity index (χ4v) is 4.91. The van der Waals surface area contributed by atoms with Gasteiger partial charge < -0.3 is 4.74 Å². The van der Waals surface area contributed by atoms with E-state index in [0.717, 1.165) is 4.90 Å². The minimum absolute atomic E-state index is 0.0549. The van der Waals surface area contributed by atoms with Gasteiger partial charge in [0.1, 0.15) is 5.60 Å². The van der Waals surface area contributed by atoms with Crippen LogP contribution in [0.15, 0.2) is 59.5 Å². The molecule has 2 aromatic carbocycles. The minimum Gasteiger partial charge on any atom is -0.443 e. The average molecular weight is 416 g/mol. The lowest BCUT2D eigenvalue weighted by atomic mass is 9.81. The molecule has 0 spiro atoms. The molecule has 2 amide bonds. The normalized spacial score (nSPS) is 19.2. The van der Waals surface area contributed by atoms with Gasteiger partial charge in [-0.3, -0.25) is 4.79 Å². The molecule has 0 N–H and O–H groups in total. The zero-order valence-corrected chi connectivity index (χ0v) is 17.8. The number of nitrogens with zero attached hydrogens (tertiary/aromatic N) is 1. The summed E-state index contributed by atoms with van der Waals surface area (Å²) in [6, 6.07) is 15.1. The van der Waals surface area contributed by atoms with Crippen LogP contribution in [0.4, 0.5) is 10.5 Å². The van der Waals surface area contributed by atoms with Gasteiger partial charge in [0.05, 0.1) is 21.8 Å². The van der Waals surface area contributed by atoms with E-state index >= 15 is 0 Å². The second kappa shape index (κ2) is 7.30. The van der Waals surface area contributed by atoms with E-state index < -0.39 is 32.9 Å². The fraction of sp³-hybridized carbons (Fsp3) is 0.364. The van der Waals surface area contributed by atoms with Gasteiger partial charge in [0.2, 0.25) is 5.91 Å². The Balaban J connectivity index is 1.93. The first-order valence-corrected chi connectivity index (χ1v) is 11.1. The molecule has 0 saturated carbocycles. The van der Waals surface area contributed by atoms with Crippen LogP contribution in [0, 0.1) is 0 Å². The van der Waals surface area contributed by atoms with Crippen molar-refractivity contribution >= 4 is 27.5 Å². The van der Waals surface area contributed by atoms with Gasteiger partial charge in [0.25, 0.3) is 0 Å². The second-order valence-corrected chi connectivity index (χ2v) is 10.5. The lowest BCUT2D eigenvalue weighted by molar-refractivity contribution is -0.122. The summed E-state index contributed by atoms with van der Waals surface area (Å²) in [5, 5.41) is 0. The summed E-state index contributed by atoms with van der Waals surface area (Å²) in [6.07, 6.45) is -0.705. The Kier molecular flexibility index (Phi) is 5.30. The van der Waals surface area contributed by atoms with Gasteiger partial charge in [-0.25, -0.2) is 18.1 Å². The van der Waals surface area contributed by atoms with Crippen molar-refractivity contribution in [3.63, 3.8) is 0 Å². The van der Waals surface area contributed by atoms with E-state index in [9.17, 15) is 18.0 Å². The molecule has 1 unspecified atom stereocenters. The van der Waals surface area contributed by atoms with Crippen LogP contribution in [0.3, 0.4) is 0 Å². The number of anilines is 1. The number of hydrogen-bond acceptors (Lipinski definition) is 5. The van der Waals surface area contributed by atoms with Gasteiger partial charge in [-0.1, -0.05) is 36.4 Å². The zero-order valence-electron chi connectivity index (χ0n) is 17.0. The molecule has 0 fully saturated rings. The number of imide groups is 1. The number of sulfone groups is 1. The number of amides is 2. The summed E-state index contributed by atoms with van der Waals surface area (Å²) >= 11 is 0. The number of hydrogen-bond donors (Lipinski definition) is 0. The van der Waals surface area contributed by atoms with Crippen LogP contribution in [0.2, 0.25) is 0 Å². The second-order valence-electron chi connectivity index (χ2n) is 8.35. The number of rotatable bonds is 4. The smallest absolute Gasteiger partial charge is 0.421 e. The molecule has 29 heavy (non-hydrogen) atoms. The van der Waals surface area contributed by atoms with Crippen LogP contribution in [-0.4, -0.2) is 31.8 Å². The number of fused-ring (bicyclic) bond motifs is 1. The molecule has 0 saturated heterocycles. The molecule has 0 radical (unpaired) electrons. The number of benzene rings is 2. The third-order valence-electron chi connectivity index (χ3n) is 4.96. The van der Waals surface area contributed by atoms with E-state index in [4.69, 9.17) is 4.74 Å². The first-order valence-electron chi connectivity index (χ1n) is 9.41. The van der Waals surface area contributed by atoms with Gasteiger partial charge in [-0.15, -0.1) is 0 Å². The number of carbonyl (C=O) groups is 2. The van der Waals surface area contributed by atoms with Crippen molar-refractivity contribution in [3.05, 3.63) is 60.2 Å². The van der Waals surface area contributed by atoms with Crippen LogP contribution >= 0.6 is 0 Å². The van der Waals surface area contributed by atoms with E-state index in [-0.39, 0.29) is 17.1 Å². The van der Waals surface area contributed by atoms with Crippen molar-refractivity contribution in [2.45, 2.75) is 50.0 Å². The summed E-state index contributed by atoms with van der Waals surface area (Å²) in [5.41, 5.74) is -0.845. The number of ether oxygens (including phenoxy) is 1. The van der Waals surface area contributed by atoms with Crippen molar-refractivity contribution in [3.8, 4) is 0 Å². The summed E-state index contributed by atoms with van der Waals surface area (Å²) in [7, 11) is -3.57. The first kappa shape index (κ1) is 21.0. The van der Waals surface area contributed by atoms with Crippen LogP contribution < -0.4 is 4.90 Å². The molecule has 154 valence electrons. The Hall–Kier alpha value is -2.67. The summed E-state index contributed by atoms with van der Waals surface area (Å²) in [4.78, 5) is 27.2. The van der Waals surface area contributed by atoms with Crippen molar-refractivity contribution in [1.82, 2.24) is 0 Å². The Morgan fingerprint density at radius 3 is 2.24 bits per heavy atom. The quantitative estimate of drug-likeness (QED) is 0.751. The number of carbonyl (C=O) groups excluding carboxylic acids is 2. The molecule has 0 bridgehead atoms. The highest BCUT2D eigenvalue weighted by molar-refractivity contribution is 7.91. The molecule has 0 aromatic heterocycles. The molecule has 1 aliphatic rings. The maximum atomic E-state index is 13.3. The van der Waals surface area contributed by atoms with E-state index in [0.29, 0.717) is 11.3 Å². The molecule has 3 rings (SSSR count). The third-order valence-corrected chi connectivity index (χ3v) is 6.70. The molecule has 0 aliphatic carbocycles. The highest BCUT2D eigenvalue weighted by Gasteiger charge is 2.50. The monoisotopic (exact) mass is 415 g/mol. The lowest BCUT2D eigenvalue weighted by Crippen LogP contribution is -2.44. The Morgan fingerprint density at radius 1 is 1.03 bits per heavy atom. The largest absolute Gasteiger partial charge is 0.443 e. The summed E-state index contributed by atoms with van der Waals surface area (Å²) in [5.74, 6) is -0.688. The van der Waals surface area contributed by atoms with E-state index in [1.54, 1.807) is 70.2 Å². The molecular formula is C22H25NO5S. The lowest BCUT2D eigenvalue weighted by Gasteiger charge is -2.26. The standard InChI is InChI=1S/C22H25NO5S/c1-21(2,3)28-20(25)23-18-13-9-8-12-17(18)22(4,19(23)24)14-15-29(26,27)16-10-6-5-7-11-16/h5-13H,14-15H2,1-4H3. The van der Waals surface area contributed by atoms with Crippen molar-refractivity contribution < 1.29 is 22.7 Å². The average Bonchev–Trinajstić information content (AvgIpc) is 2.88.